The lowest BCUT2D eigenvalue weighted by Crippen LogP contribution is -2.31. The van der Waals surface area contributed by atoms with E-state index in [2.05, 4.69) is 31.2 Å². The van der Waals surface area contributed by atoms with Crippen LogP contribution in [0.25, 0.3) is 0 Å². The minimum Gasteiger partial charge on any atom is -0.469 e. The Morgan fingerprint density at radius 2 is 2.20 bits per heavy atom. The largest absolute Gasteiger partial charge is 0.469 e. The average molecular weight is 275 g/mol. The summed E-state index contributed by atoms with van der Waals surface area (Å²) in [6, 6.07) is 4.45. The number of aromatic nitrogens is 2. The lowest BCUT2D eigenvalue weighted by atomic mass is 10.0. The molecule has 0 fully saturated rings. The van der Waals surface area contributed by atoms with Crippen molar-refractivity contribution in [3.05, 3.63) is 41.1 Å². The van der Waals surface area contributed by atoms with Crippen molar-refractivity contribution >= 4 is 0 Å². The number of nitrogens with one attached hydrogen (secondary N) is 1. The van der Waals surface area contributed by atoms with Crippen molar-refractivity contribution in [2.75, 3.05) is 6.54 Å². The third kappa shape index (κ3) is 3.51. The molecule has 0 saturated carbocycles. The number of hydrogen-bond acceptors (Lipinski definition) is 3. The van der Waals surface area contributed by atoms with Crippen LogP contribution in [0.2, 0.25) is 0 Å². The number of rotatable bonds is 7. The molecule has 0 saturated heterocycles. The molecule has 0 aliphatic rings. The molecular weight excluding hydrogens is 250 g/mol. The highest BCUT2D eigenvalue weighted by molar-refractivity contribution is 5.24. The Hall–Kier alpha value is -1.55. The minimum absolute atomic E-state index is 0.449. The summed E-state index contributed by atoms with van der Waals surface area (Å²) in [4.78, 5) is 0. The van der Waals surface area contributed by atoms with E-state index in [4.69, 9.17) is 4.42 Å². The Morgan fingerprint density at radius 3 is 2.75 bits per heavy atom. The first kappa shape index (κ1) is 14.9. The maximum Gasteiger partial charge on any atom is 0.105 e. The van der Waals surface area contributed by atoms with Gasteiger partial charge in [0.1, 0.15) is 5.76 Å². The van der Waals surface area contributed by atoms with Crippen molar-refractivity contribution in [2.45, 2.75) is 46.1 Å². The molecule has 0 aliphatic carbocycles. The van der Waals surface area contributed by atoms with Crippen molar-refractivity contribution in [1.82, 2.24) is 15.1 Å². The van der Waals surface area contributed by atoms with Crippen LogP contribution in [0.5, 0.6) is 0 Å². The Morgan fingerprint density at radius 1 is 1.40 bits per heavy atom. The quantitative estimate of drug-likeness (QED) is 0.845. The van der Waals surface area contributed by atoms with E-state index in [1.54, 1.807) is 6.26 Å². The zero-order valence-electron chi connectivity index (χ0n) is 12.9. The van der Waals surface area contributed by atoms with E-state index >= 15 is 0 Å². The third-order valence-corrected chi connectivity index (χ3v) is 3.92. The minimum atomic E-state index is 0.449. The zero-order valence-corrected chi connectivity index (χ0v) is 12.9. The van der Waals surface area contributed by atoms with Crippen LogP contribution in [-0.2, 0) is 19.9 Å². The van der Waals surface area contributed by atoms with Crippen LogP contribution in [0.3, 0.4) is 0 Å². The second-order valence-corrected chi connectivity index (χ2v) is 5.35. The van der Waals surface area contributed by atoms with E-state index in [0.29, 0.717) is 6.04 Å². The lowest BCUT2D eigenvalue weighted by Gasteiger charge is -2.16. The fourth-order valence-electron chi connectivity index (χ4n) is 2.73. The molecule has 110 valence electrons. The number of aryl methyl sites for hydroxylation is 2. The highest BCUT2D eigenvalue weighted by Gasteiger charge is 2.14. The van der Waals surface area contributed by atoms with Gasteiger partial charge in [0.15, 0.2) is 0 Å². The van der Waals surface area contributed by atoms with E-state index in [9.17, 15) is 0 Å². The van der Waals surface area contributed by atoms with Gasteiger partial charge in [-0.3, -0.25) is 4.68 Å². The predicted octanol–water partition coefficient (Wildman–Crippen LogP) is 2.78. The average Bonchev–Trinajstić information content (AvgIpc) is 2.98. The predicted molar refractivity (Wildman–Crippen MR) is 80.9 cm³/mol. The molecule has 0 amide bonds. The summed E-state index contributed by atoms with van der Waals surface area (Å²) in [5, 5.41) is 8.04. The topological polar surface area (TPSA) is 43.0 Å². The van der Waals surface area contributed by atoms with Gasteiger partial charge in [0.25, 0.3) is 0 Å². The third-order valence-electron chi connectivity index (χ3n) is 3.92. The van der Waals surface area contributed by atoms with Crippen molar-refractivity contribution in [2.24, 2.45) is 7.05 Å². The molecule has 2 aromatic heterocycles. The van der Waals surface area contributed by atoms with E-state index in [-0.39, 0.29) is 0 Å². The Kier molecular flexibility index (Phi) is 5.01. The molecule has 1 atom stereocenters. The van der Waals surface area contributed by atoms with E-state index in [1.165, 1.54) is 11.3 Å². The molecule has 4 heteroatoms. The van der Waals surface area contributed by atoms with Gasteiger partial charge in [0.2, 0.25) is 0 Å². The van der Waals surface area contributed by atoms with E-state index < -0.39 is 0 Å². The molecule has 1 N–H and O–H groups in total. The summed E-state index contributed by atoms with van der Waals surface area (Å²) in [5.74, 6) is 1.05. The maximum atomic E-state index is 5.46. The number of hydrogen-bond donors (Lipinski definition) is 1. The van der Waals surface area contributed by atoms with Crippen molar-refractivity contribution in [3.63, 3.8) is 0 Å². The molecule has 20 heavy (non-hydrogen) atoms. The smallest absolute Gasteiger partial charge is 0.105 e. The number of nitrogens with zero attached hydrogens (tertiary/aromatic N) is 2. The Bertz CT molecular complexity index is 528. The van der Waals surface area contributed by atoms with Gasteiger partial charge < -0.3 is 9.73 Å². The van der Waals surface area contributed by atoms with Gasteiger partial charge in [-0.2, -0.15) is 5.10 Å². The number of likely N-dealkylation sites (N-methyl/N-ethyl adjacent to an activating group) is 1. The molecule has 0 bridgehead atoms. The molecule has 1 unspecified atom stereocenters. The van der Waals surface area contributed by atoms with Crippen LogP contribution in [0, 0.1) is 13.8 Å². The summed E-state index contributed by atoms with van der Waals surface area (Å²) in [6.07, 6.45) is 4.85. The standard InChI is InChI=1S/C16H25N3O/c1-5-17-14(11-15-7-6-10-20-15)8-9-16-12(2)18-19(4)13(16)3/h6-7,10,14,17H,5,8-9,11H2,1-4H3. The Balaban J connectivity index is 1.98. The van der Waals surface area contributed by atoms with Gasteiger partial charge in [0.05, 0.1) is 12.0 Å². The monoisotopic (exact) mass is 275 g/mol. The summed E-state index contributed by atoms with van der Waals surface area (Å²) < 4.78 is 7.43. The number of furan rings is 1. The first-order valence-electron chi connectivity index (χ1n) is 7.36. The van der Waals surface area contributed by atoms with Gasteiger partial charge in [-0.15, -0.1) is 0 Å². The van der Waals surface area contributed by atoms with Crippen molar-refractivity contribution in [3.8, 4) is 0 Å². The highest BCUT2D eigenvalue weighted by atomic mass is 16.3. The van der Waals surface area contributed by atoms with Crippen LogP contribution in [0.1, 0.15) is 36.1 Å². The van der Waals surface area contributed by atoms with Gasteiger partial charge in [-0.05, 0) is 50.9 Å². The fraction of sp³-hybridized carbons (Fsp3) is 0.562. The van der Waals surface area contributed by atoms with E-state index in [0.717, 1.165) is 37.3 Å². The maximum absolute atomic E-state index is 5.46. The molecule has 2 aromatic rings. The SMILES string of the molecule is CCNC(CCc1c(C)nn(C)c1C)Cc1ccco1. The molecule has 0 radical (unpaired) electrons. The van der Waals surface area contributed by atoms with Gasteiger partial charge in [-0.25, -0.2) is 0 Å². The van der Waals surface area contributed by atoms with Crippen LogP contribution in [0.15, 0.2) is 22.8 Å². The van der Waals surface area contributed by atoms with Crippen LogP contribution >= 0.6 is 0 Å². The van der Waals surface area contributed by atoms with Gasteiger partial charge in [0, 0.05) is 25.2 Å². The molecule has 2 heterocycles. The first-order valence-corrected chi connectivity index (χ1v) is 7.36. The first-order chi connectivity index (χ1) is 9.61. The normalized spacial score (nSPS) is 12.8. The second-order valence-electron chi connectivity index (χ2n) is 5.35. The summed E-state index contributed by atoms with van der Waals surface area (Å²) >= 11 is 0. The second kappa shape index (κ2) is 6.75. The molecule has 0 aromatic carbocycles. The molecule has 4 nitrogen and oxygen atoms in total. The van der Waals surface area contributed by atoms with E-state index in [1.807, 2.05) is 23.9 Å². The molecule has 0 aliphatic heterocycles. The highest BCUT2D eigenvalue weighted by Crippen LogP contribution is 2.16. The lowest BCUT2D eigenvalue weighted by molar-refractivity contribution is 0.430. The fourth-order valence-corrected chi connectivity index (χ4v) is 2.73. The van der Waals surface area contributed by atoms with Crippen LogP contribution in [-0.4, -0.2) is 22.4 Å². The molecule has 0 spiro atoms. The van der Waals surface area contributed by atoms with Crippen LogP contribution in [0.4, 0.5) is 0 Å². The summed E-state index contributed by atoms with van der Waals surface area (Å²) in [7, 11) is 2.01. The van der Waals surface area contributed by atoms with Gasteiger partial charge in [-0.1, -0.05) is 6.92 Å². The summed E-state index contributed by atoms with van der Waals surface area (Å²) in [6.45, 7) is 7.37. The Labute approximate surface area is 121 Å². The van der Waals surface area contributed by atoms with Crippen molar-refractivity contribution in [1.29, 1.82) is 0 Å². The van der Waals surface area contributed by atoms with Crippen LogP contribution < -0.4 is 5.32 Å². The molecular formula is C16H25N3O. The zero-order chi connectivity index (χ0) is 14.5. The van der Waals surface area contributed by atoms with Gasteiger partial charge >= 0.3 is 0 Å². The summed E-state index contributed by atoms with van der Waals surface area (Å²) in [5.41, 5.74) is 3.81. The van der Waals surface area contributed by atoms with Crippen molar-refractivity contribution < 1.29 is 4.42 Å². The molecule has 2 rings (SSSR count).